The number of esters is 3. The number of carboxylic acids is 1. The van der Waals surface area contributed by atoms with E-state index in [-0.39, 0.29) is 77.2 Å². The van der Waals surface area contributed by atoms with Gasteiger partial charge in [0.1, 0.15) is 40.8 Å². The number of aromatic carboxylic acids is 1. The van der Waals surface area contributed by atoms with E-state index in [1.807, 2.05) is 30.3 Å². The number of carbonyl (C=O) groups is 7. The first kappa shape index (κ1) is 56.9. The molecule has 4 aromatic carbocycles. The van der Waals surface area contributed by atoms with Crippen LogP contribution in [0.25, 0.3) is 0 Å². The number of ether oxygens (including phenoxy) is 7. The summed E-state index contributed by atoms with van der Waals surface area (Å²) in [5, 5.41) is 15.1. The lowest BCUT2D eigenvalue weighted by Gasteiger charge is -2.33. The Morgan fingerprint density at radius 3 is 1.93 bits per heavy atom. The zero-order chi connectivity index (χ0) is 54.8. The Bertz CT molecular complexity index is 2730. The van der Waals surface area contributed by atoms with Crippen molar-refractivity contribution in [2.75, 3.05) is 6.61 Å². The molecule has 0 saturated heterocycles. The predicted octanol–water partition coefficient (Wildman–Crippen LogP) is 9.63. The summed E-state index contributed by atoms with van der Waals surface area (Å²) in [5.41, 5.74) is -2.34. The molecule has 3 N–H and O–H groups in total. The van der Waals surface area contributed by atoms with E-state index in [2.05, 4.69) is 15.6 Å². The van der Waals surface area contributed by atoms with Gasteiger partial charge in [-0.3, -0.25) is 20.2 Å². The highest BCUT2D eigenvalue weighted by atomic mass is 16.6. The summed E-state index contributed by atoms with van der Waals surface area (Å²) in [6.45, 7) is 19.4. The van der Waals surface area contributed by atoms with E-state index in [0.29, 0.717) is 5.56 Å². The van der Waals surface area contributed by atoms with E-state index >= 15 is 4.79 Å². The first-order chi connectivity index (χ1) is 34.4. The molecule has 0 radical (unpaired) electrons. The molecule has 19 heteroatoms. The molecule has 0 aromatic heterocycles. The number of fused-ring (bicyclic) bond motifs is 2. The SMILES string of the molecule is CC(C)(C)OC(=O)CC(C(=O)OC(C)(C)C)N(Cc1cc(OCc2ccccc2)cc(C(=O)O)c1)C(=O)c1cccc2c1OCCCc1cc(N=C(NC(=O)OC(C)(C)C)NC(=O)OC(C)(C)C)ccc1C(=O)O2. The topological polar surface area (TPSA) is 244 Å². The number of aryl methyl sites for hydroxylation is 1. The van der Waals surface area contributed by atoms with Gasteiger partial charge in [-0.05, 0) is 161 Å². The summed E-state index contributed by atoms with van der Waals surface area (Å²) in [6, 6.07) is 20.5. The van der Waals surface area contributed by atoms with Gasteiger partial charge >= 0.3 is 36.1 Å². The van der Waals surface area contributed by atoms with Crippen molar-refractivity contribution in [3.8, 4) is 17.2 Å². The highest BCUT2D eigenvalue weighted by Crippen LogP contribution is 2.36. The molecule has 0 aliphatic carbocycles. The number of guanidine groups is 1. The minimum absolute atomic E-state index is 0.0381. The summed E-state index contributed by atoms with van der Waals surface area (Å²) in [7, 11) is 0. The average Bonchev–Trinajstić information content (AvgIpc) is 3.26. The summed E-state index contributed by atoms with van der Waals surface area (Å²) in [5.74, 6) is -5.28. The molecule has 1 unspecified atom stereocenters. The second-order valence-corrected chi connectivity index (χ2v) is 21.2. The molecule has 19 nitrogen and oxygen atoms in total. The zero-order valence-corrected chi connectivity index (χ0v) is 44.0. The second kappa shape index (κ2) is 23.7. The van der Waals surface area contributed by atoms with E-state index in [1.165, 1.54) is 48.5 Å². The van der Waals surface area contributed by atoms with Crippen molar-refractivity contribution in [3.05, 3.63) is 118 Å². The fourth-order valence-corrected chi connectivity index (χ4v) is 7.18. The molecule has 74 heavy (non-hydrogen) atoms. The predicted molar refractivity (Wildman–Crippen MR) is 272 cm³/mol. The smallest absolute Gasteiger partial charge is 0.414 e. The fraction of sp³-hybridized carbons (Fsp3) is 0.418. The van der Waals surface area contributed by atoms with Crippen molar-refractivity contribution >= 4 is 53.6 Å². The number of carboxylic acid groups (broad SMARTS) is 1. The number of alkyl carbamates (subject to hydrolysis) is 2. The van der Waals surface area contributed by atoms with Crippen LogP contribution in [-0.4, -0.2) is 93.0 Å². The number of nitrogens with one attached hydrogen (secondary N) is 2. The lowest BCUT2D eigenvalue weighted by molar-refractivity contribution is -0.167. The van der Waals surface area contributed by atoms with Gasteiger partial charge in [0, 0.05) is 6.54 Å². The number of nitrogens with zero attached hydrogens (tertiary/aromatic N) is 2. The van der Waals surface area contributed by atoms with Crippen LogP contribution < -0.4 is 24.8 Å². The van der Waals surface area contributed by atoms with Crippen molar-refractivity contribution in [2.45, 2.75) is 144 Å². The summed E-state index contributed by atoms with van der Waals surface area (Å²) >= 11 is 0. The molecule has 4 aromatic rings. The molecule has 1 atom stereocenters. The minimum Gasteiger partial charge on any atom is -0.489 e. The number of rotatable bonds is 12. The fourth-order valence-electron chi connectivity index (χ4n) is 7.18. The van der Waals surface area contributed by atoms with Crippen LogP contribution in [0.1, 0.15) is 144 Å². The van der Waals surface area contributed by atoms with Crippen LogP contribution in [0.15, 0.2) is 89.9 Å². The molecule has 1 heterocycles. The molecule has 0 bridgehead atoms. The van der Waals surface area contributed by atoms with Crippen LogP contribution in [-0.2, 0) is 48.1 Å². The summed E-state index contributed by atoms with van der Waals surface area (Å²) in [4.78, 5) is 101. The number of para-hydroxylation sites is 1. The van der Waals surface area contributed by atoms with E-state index in [0.717, 1.165) is 10.5 Å². The lowest BCUT2D eigenvalue weighted by atomic mass is 10.0. The van der Waals surface area contributed by atoms with E-state index in [9.17, 15) is 33.9 Å². The molecular formula is C55H66N4O15. The van der Waals surface area contributed by atoms with Crippen molar-refractivity contribution in [1.29, 1.82) is 0 Å². The van der Waals surface area contributed by atoms with Crippen LogP contribution in [0.3, 0.4) is 0 Å². The van der Waals surface area contributed by atoms with Crippen molar-refractivity contribution in [3.63, 3.8) is 0 Å². The number of hydrogen-bond acceptors (Lipinski definition) is 15. The first-order valence-electron chi connectivity index (χ1n) is 23.9. The first-order valence-corrected chi connectivity index (χ1v) is 23.9. The Kier molecular flexibility index (Phi) is 18.3. The number of amides is 3. The van der Waals surface area contributed by atoms with Gasteiger partial charge in [0.15, 0.2) is 11.5 Å². The van der Waals surface area contributed by atoms with E-state index in [4.69, 9.17) is 33.2 Å². The Balaban J connectivity index is 1.57. The van der Waals surface area contributed by atoms with E-state index in [1.54, 1.807) is 89.2 Å². The van der Waals surface area contributed by atoms with Gasteiger partial charge in [0.2, 0.25) is 5.96 Å². The Morgan fingerprint density at radius 1 is 0.716 bits per heavy atom. The molecule has 3 amide bonds. The maximum absolute atomic E-state index is 15.4. The molecule has 396 valence electrons. The Labute approximate surface area is 430 Å². The van der Waals surface area contributed by atoms with E-state index < -0.39 is 83.4 Å². The molecule has 5 rings (SSSR count). The van der Waals surface area contributed by atoms with Crippen LogP contribution in [0.5, 0.6) is 17.2 Å². The molecule has 0 saturated carbocycles. The largest absolute Gasteiger partial charge is 0.489 e. The standard InChI is InChI=1S/C55H66N4O15/c1-52(2,3)71-43(60)30-41(48(65)72-53(4,5)6)59(31-34-26-36(46(62)63)29-38(27-34)69-32-33-18-14-13-15-19-33)45(61)40-21-16-22-42-44(40)68-25-17-20-35-28-37(23-24-39(35)47(64)70-42)56-49(57-50(66)73-54(7,8)9)58-51(67)74-55(10,11)12/h13-16,18-19,21-24,26-29,41H,17,20,25,30-32H2,1-12H3,(H,62,63)(H2,56,57,58,66,67). The maximum Gasteiger partial charge on any atom is 0.414 e. The summed E-state index contributed by atoms with van der Waals surface area (Å²) in [6.07, 6.45) is -1.99. The van der Waals surface area contributed by atoms with Gasteiger partial charge in [0.25, 0.3) is 5.91 Å². The Hall–Kier alpha value is -7.96. The third kappa shape index (κ3) is 18.0. The lowest BCUT2D eigenvalue weighted by Crippen LogP contribution is -2.48. The average molecular weight is 1020 g/mol. The van der Waals surface area contributed by atoms with Crippen LogP contribution in [0.2, 0.25) is 0 Å². The third-order valence-corrected chi connectivity index (χ3v) is 9.95. The van der Waals surface area contributed by atoms with Gasteiger partial charge in [-0.2, -0.15) is 0 Å². The molecule has 1 aliphatic heterocycles. The Morgan fingerprint density at radius 2 is 1.34 bits per heavy atom. The molecular weight excluding hydrogens is 957 g/mol. The van der Waals surface area contributed by atoms with Crippen LogP contribution in [0.4, 0.5) is 15.3 Å². The number of benzene rings is 4. The number of hydrogen-bond donors (Lipinski definition) is 3. The summed E-state index contributed by atoms with van der Waals surface area (Å²) < 4.78 is 40.4. The van der Waals surface area contributed by atoms with Gasteiger partial charge in [-0.1, -0.05) is 36.4 Å². The quantitative estimate of drug-likeness (QED) is 0.0393. The zero-order valence-electron chi connectivity index (χ0n) is 44.0. The van der Waals surface area contributed by atoms with Crippen LogP contribution in [0, 0.1) is 0 Å². The van der Waals surface area contributed by atoms with Gasteiger partial charge in [-0.15, -0.1) is 0 Å². The number of carbonyl (C=O) groups excluding carboxylic acids is 6. The van der Waals surface area contributed by atoms with Gasteiger partial charge in [0.05, 0.1) is 35.4 Å². The van der Waals surface area contributed by atoms with Crippen molar-refractivity contribution in [2.24, 2.45) is 4.99 Å². The van der Waals surface area contributed by atoms with Crippen molar-refractivity contribution < 1.29 is 71.8 Å². The maximum atomic E-state index is 15.4. The normalized spacial score (nSPS) is 13.2. The molecule has 0 fully saturated rings. The molecule has 1 aliphatic rings. The molecule has 0 spiro atoms. The number of aliphatic imine (C=N–C) groups is 1. The highest BCUT2D eigenvalue weighted by Gasteiger charge is 2.39. The minimum atomic E-state index is -1.65. The second-order valence-electron chi connectivity index (χ2n) is 21.2. The highest BCUT2D eigenvalue weighted by molar-refractivity contribution is 6.03. The third-order valence-electron chi connectivity index (χ3n) is 9.95. The van der Waals surface area contributed by atoms with Crippen molar-refractivity contribution in [1.82, 2.24) is 15.5 Å². The van der Waals surface area contributed by atoms with Gasteiger partial charge in [-0.25, -0.2) is 29.0 Å². The monoisotopic (exact) mass is 1020 g/mol. The van der Waals surface area contributed by atoms with Gasteiger partial charge < -0.3 is 43.2 Å². The van der Waals surface area contributed by atoms with Crippen LogP contribution >= 0.6 is 0 Å².